The fourth-order valence-corrected chi connectivity index (χ4v) is 0. The third-order valence-electron chi connectivity index (χ3n) is 0. The van der Waals surface area contributed by atoms with Gasteiger partial charge in [0.25, 0.3) is 0 Å². The zero-order valence-electron chi connectivity index (χ0n) is 2.32. The average molecular weight is 278 g/mol. The van der Waals surface area contributed by atoms with Crippen LogP contribution < -0.4 is 0 Å². The summed E-state index contributed by atoms with van der Waals surface area (Å²) >= 11 is -2.42. The second-order valence-corrected chi connectivity index (χ2v) is 0.731. The first-order chi connectivity index (χ1) is 1.41. The van der Waals surface area contributed by atoms with Gasteiger partial charge >= 0.3 is 28.9 Å². The average Bonchev–Trinajstić information content (AvgIpc) is 0.918. The molecule has 5 heavy (non-hydrogen) atoms. The summed E-state index contributed by atoms with van der Waals surface area (Å²) in [5.74, 6) is 0. The molecule has 0 aromatic rings. The van der Waals surface area contributed by atoms with Crippen LogP contribution in [-0.4, -0.2) is 34.2 Å². The standard InChI is InChI=1S/Bi.2H2O.2O.H/h;2*1H2;;;. The van der Waals surface area contributed by atoms with Crippen molar-refractivity contribution in [2.24, 2.45) is 0 Å². The Labute approximate surface area is 40.3 Å². The van der Waals surface area contributed by atoms with E-state index in [4.69, 9.17) is 5.63 Å². The van der Waals surface area contributed by atoms with E-state index in [1.54, 1.807) is 0 Å². The van der Waals surface area contributed by atoms with Gasteiger partial charge in [-0.2, -0.15) is 0 Å². The van der Waals surface area contributed by atoms with Crippen LogP contribution in [0.15, 0.2) is 0 Å². The zero-order chi connectivity index (χ0) is 2.71. The fourth-order valence-electron chi connectivity index (χ4n) is 0. The van der Waals surface area contributed by atoms with Gasteiger partial charge in [0.2, 0.25) is 0 Å². The molecule has 0 saturated carbocycles. The second kappa shape index (κ2) is 25.9. The summed E-state index contributed by atoms with van der Waals surface area (Å²) in [5.41, 5.74) is 0. The normalized spacial score (nSPS) is 2.40. The maximum absolute atomic E-state index is 8.57. The van der Waals surface area contributed by atoms with Gasteiger partial charge in [0.05, 0.1) is 0 Å². The SMILES string of the molecule is O.O.[O]=[BiH]=[O]. The first-order valence-electron chi connectivity index (χ1n) is 0.408. The Balaban J connectivity index is -0.0000000200. The predicted octanol–water partition coefficient (Wildman–Crippen LogP) is -2.54. The molecule has 0 aliphatic carbocycles. The van der Waals surface area contributed by atoms with Crippen LogP contribution in [0.3, 0.4) is 0 Å². The van der Waals surface area contributed by atoms with Crippen LogP contribution in [0.2, 0.25) is 0 Å². The van der Waals surface area contributed by atoms with Crippen molar-refractivity contribution in [1.29, 1.82) is 0 Å². The van der Waals surface area contributed by atoms with Gasteiger partial charge in [0.15, 0.2) is 0 Å². The van der Waals surface area contributed by atoms with Crippen molar-refractivity contribution < 1.29 is 16.6 Å². The van der Waals surface area contributed by atoms with Crippen molar-refractivity contribution in [1.82, 2.24) is 0 Å². The molecule has 0 radical (unpaired) electrons. The molecular weight excluding hydrogens is 273 g/mol. The minimum absolute atomic E-state index is 0. The van der Waals surface area contributed by atoms with Crippen LogP contribution in [0.1, 0.15) is 0 Å². The van der Waals surface area contributed by atoms with E-state index in [2.05, 4.69) is 0 Å². The number of rotatable bonds is 0. The van der Waals surface area contributed by atoms with E-state index in [1.165, 1.54) is 0 Å². The first-order valence-corrected chi connectivity index (χ1v) is 3.58. The molecular formula is H5BiO4. The molecule has 0 atom stereocenters. The van der Waals surface area contributed by atoms with Crippen LogP contribution >= 0.6 is 0 Å². The van der Waals surface area contributed by atoms with Crippen molar-refractivity contribution in [3.8, 4) is 0 Å². The molecule has 0 aliphatic heterocycles. The van der Waals surface area contributed by atoms with Crippen LogP contribution in [0.4, 0.5) is 0 Å². The fraction of sp³-hybridized carbons (Fsp3) is 0. The van der Waals surface area contributed by atoms with Gasteiger partial charge in [-0.1, -0.05) is 0 Å². The number of hydrogen-bond donors (Lipinski definition) is 0. The molecule has 0 aromatic heterocycles. The predicted molar refractivity (Wildman–Crippen MR) is 15.7 cm³/mol. The summed E-state index contributed by atoms with van der Waals surface area (Å²) in [6.07, 6.45) is 0. The van der Waals surface area contributed by atoms with E-state index >= 15 is 0 Å². The second-order valence-electron chi connectivity index (χ2n) is 0.0833. The summed E-state index contributed by atoms with van der Waals surface area (Å²) in [5, 5.41) is 0. The maximum atomic E-state index is 8.57. The molecule has 0 unspecified atom stereocenters. The van der Waals surface area contributed by atoms with E-state index < -0.39 is 23.2 Å². The number of hydrogen-bond acceptors (Lipinski definition) is 2. The van der Waals surface area contributed by atoms with E-state index in [9.17, 15) is 0 Å². The zero-order valence-corrected chi connectivity index (χ0v) is 6.20. The van der Waals surface area contributed by atoms with Gasteiger partial charge < -0.3 is 11.0 Å². The van der Waals surface area contributed by atoms with E-state index in [1.807, 2.05) is 0 Å². The van der Waals surface area contributed by atoms with Gasteiger partial charge in [-0.25, -0.2) is 0 Å². The Morgan fingerprint density at radius 1 is 1.00 bits per heavy atom. The van der Waals surface area contributed by atoms with Crippen molar-refractivity contribution in [2.75, 3.05) is 0 Å². The van der Waals surface area contributed by atoms with E-state index in [0.717, 1.165) is 0 Å². The summed E-state index contributed by atoms with van der Waals surface area (Å²) in [6, 6.07) is 0. The summed E-state index contributed by atoms with van der Waals surface area (Å²) in [7, 11) is 0. The van der Waals surface area contributed by atoms with Crippen LogP contribution in [-0.2, 0) is 5.63 Å². The minimum atomic E-state index is -2.42. The molecule has 0 fully saturated rings. The topological polar surface area (TPSA) is 97.1 Å². The molecule has 0 saturated heterocycles. The van der Waals surface area contributed by atoms with Gasteiger partial charge in [0, 0.05) is 0 Å². The molecule has 0 amide bonds. The Morgan fingerprint density at radius 3 is 1.00 bits per heavy atom. The third kappa shape index (κ3) is 156. The Kier molecular flexibility index (Phi) is 94.0. The molecule has 0 aromatic carbocycles. The molecule has 4 nitrogen and oxygen atoms in total. The van der Waals surface area contributed by atoms with Gasteiger partial charge in [-0.05, 0) is 0 Å². The quantitative estimate of drug-likeness (QED) is 0.456. The first kappa shape index (κ1) is 18.1. The molecule has 0 spiro atoms. The van der Waals surface area contributed by atoms with Crippen LogP contribution in [0.25, 0.3) is 0 Å². The molecule has 5 heteroatoms. The molecule has 0 rings (SSSR count). The molecule has 0 heterocycles. The molecule has 34 valence electrons. The van der Waals surface area contributed by atoms with Crippen molar-refractivity contribution >= 4 is 23.2 Å². The Hall–Kier alpha value is 0.403. The van der Waals surface area contributed by atoms with Crippen molar-refractivity contribution in [2.45, 2.75) is 0 Å². The summed E-state index contributed by atoms with van der Waals surface area (Å²) < 4.78 is 17.1. The summed E-state index contributed by atoms with van der Waals surface area (Å²) in [4.78, 5) is 0. The van der Waals surface area contributed by atoms with Crippen LogP contribution in [0.5, 0.6) is 0 Å². The van der Waals surface area contributed by atoms with Crippen molar-refractivity contribution in [3.05, 3.63) is 0 Å². The monoisotopic (exact) mass is 278 g/mol. The van der Waals surface area contributed by atoms with Gasteiger partial charge in [-0.3, -0.25) is 0 Å². The van der Waals surface area contributed by atoms with Gasteiger partial charge in [-0.15, -0.1) is 0 Å². The Bertz CT molecular complexity index is 24.6. The Morgan fingerprint density at radius 2 is 1.00 bits per heavy atom. The van der Waals surface area contributed by atoms with Gasteiger partial charge in [0.1, 0.15) is 0 Å². The van der Waals surface area contributed by atoms with Crippen LogP contribution in [0, 0.1) is 0 Å². The van der Waals surface area contributed by atoms with Crippen molar-refractivity contribution in [3.63, 3.8) is 0 Å². The molecule has 4 N–H and O–H groups in total. The molecule has 0 bridgehead atoms. The summed E-state index contributed by atoms with van der Waals surface area (Å²) in [6.45, 7) is 0. The van der Waals surface area contributed by atoms with E-state index in [0.29, 0.717) is 0 Å². The molecule has 0 aliphatic rings. The third-order valence-corrected chi connectivity index (χ3v) is 0. The van der Waals surface area contributed by atoms with E-state index in [-0.39, 0.29) is 11.0 Å².